The zero-order valence-corrected chi connectivity index (χ0v) is 16.6. The Balaban J connectivity index is 1.31. The summed E-state index contributed by atoms with van der Waals surface area (Å²) in [5, 5.41) is 4.18. The van der Waals surface area contributed by atoms with Crippen LogP contribution in [0.25, 0.3) is 11.6 Å². The Morgan fingerprint density at radius 1 is 1.00 bits per heavy atom. The summed E-state index contributed by atoms with van der Waals surface area (Å²) >= 11 is 0. The van der Waals surface area contributed by atoms with E-state index in [4.69, 9.17) is 4.74 Å². The molecule has 0 unspecified atom stereocenters. The van der Waals surface area contributed by atoms with Crippen LogP contribution in [-0.2, 0) is 13.7 Å². The summed E-state index contributed by atoms with van der Waals surface area (Å²) in [6.07, 6.45) is 9.30. The summed E-state index contributed by atoms with van der Waals surface area (Å²) in [4.78, 5) is 17.0. The van der Waals surface area contributed by atoms with Gasteiger partial charge in [-0.05, 0) is 53.6 Å². The third-order valence-corrected chi connectivity index (χ3v) is 5.25. The lowest BCUT2D eigenvalue weighted by Crippen LogP contribution is -2.02. The average molecular weight is 420 g/mol. The van der Waals surface area contributed by atoms with Crippen molar-refractivity contribution in [3.8, 4) is 17.4 Å². The van der Waals surface area contributed by atoms with Gasteiger partial charge in [-0.3, -0.25) is 4.68 Å². The van der Waals surface area contributed by atoms with Gasteiger partial charge in [-0.2, -0.15) is 9.49 Å². The van der Waals surface area contributed by atoms with Gasteiger partial charge in [-0.25, -0.2) is 24.3 Å². The molecule has 1 fully saturated rings. The van der Waals surface area contributed by atoms with Crippen LogP contribution in [0, 0.1) is 11.6 Å². The second kappa shape index (κ2) is 7.82. The lowest BCUT2D eigenvalue weighted by Gasteiger charge is -2.09. The Morgan fingerprint density at radius 3 is 2.42 bits per heavy atom. The fraction of sp³-hybridized carbons (Fsp3) is 0.227. The molecular formula is C22H18F2N6O. The number of hydrogen-bond acceptors (Lipinski definition) is 6. The Hall–Kier alpha value is -3.75. The first kappa shape index (κ1) is 19.2. The topological polar surface area (TPSA) is 78.6 Å². The first-order chi connectivity index (χ1) is 15.1. The zero-order valence-electron chi connectivity index (χ0n) is 16.6. The van der Waals surface area contributed by atoms with Gasteiger partial charge in [0.05, 0.1) is 5.69 Å². The molecular weight excluding hydrogens is 402 g/mol. The Morgan fingerprint density at radius 2 is 1.71 bits per heavy atom. The molecule has 0 bridgehead atoms. The van der Waals surface area contributed by atoms with Gasteiger partial charge in [0.2, 0.25) is 5.82 Å². The quantitative estimate of drug-likeness (QED) is 0.472. The average Bonchev–Trinajstić information content (AvgIpc) is 3.49. The highest BCUT2D eigenvalue weighted by Gasteiger charge is 2.41. The van der Waals surface area contributed by atoms with Crippen LogP contribution in [0.15, 0.2) is 55.2 Å². The van der Waals surface area contributed by atoms with Gasteiger partial charge in [0, 0.05) is 38.0 Å². The van der Waals surface area contributed by atoms with Crippen molar-refractivity contribution in [1.29, 1.82) is 0 Å². The molecule has 31 heavy (non-hydrogen) atoms. The predicted octanol–water partition coefficient (Wildman–Crippen LogP) is 3.80. The van der Waals surface area contributed by atoms with Gasteiger partial charge in [0.1, 0.15) is 6.61 Å². The fourth-order valence-corrected chi connectivity index (χ4v) is 3.59. The fourth-order valence-electron chi connectivity index (χ4n) is 3.59. The van der Waals surface area contributed by atoms with Gasteiger partial charge in [0.25, 0.3) is 0 Å². The van der Waals surface area contributed by atoms with Crippen molar-refractivity contribution in [2.45, 2.75) is 24.9 Å². The Bertz CT molecular complexity index is 1210. The summed E-state index contributed by atoms with van der Waals surface area (Å²) in [7, 11) is 1.78. The van der Waals surface area contributed by atoms with Crippen LogP contribution in [0.2, 0.25) is 0 Å². The number of aromatic nitrogens is 6. The minimum Gasteiger partial charge on any atom is -0.484 e. The number of benzene rings is 1. The standard InChI is InChI=1S/C22H18F2N6O/c1-30-6-3-15(29-30)12-31-19-8-13(7-18(23)20(19)24)16-9-17(16)14-10-27-22(28-11-14)21-25-4-2-5-26-21/h2-8,10-11,16-17H,9,12H2,1H3/t16-,17-/m0/s1. The molecule has 0 saturated heterocycles. The van der Waals surface area contributed by atoms with Crippen molar-refractivity contribution >= 4 is 0 Å². The minimum absolute atomic E-state index is 0.0507. The largest absolute Gasteiger partial charge is 0.484 e. The molecule has 9 heteroatoms. The van der Waals surface area contributed by atoms with Gasteiger partial charge in [0.15, 0.2) is 23.2 Å². The lowest BCUT2D eigenvalue weighted by molar-refractivity contribution is 0.279. The maximum Gasteiger partial charge on any atom is 0.200 e. The first-order valence-electron chi connectivity index (χ1n) is 9.78. The minimum atomic E-state index is -0.993. The molecule has 0 N–H and O–H groups in total. The van der Waals surface area contributed by atoms with E-state index in [0.29, 0.717) is 22.9 Å². The highest BCUT2D eigenvalue weighted by molar-refractivity contribution is 5.44. The molecule has 3 aromatic heterocycles. The molecule has 1 aliphatic rings. The van der Waals surface area contributed by atoms with E-state index in [2.05, 4.69) is 25.0 Å². The molecule has 0 radical (unpaired) electrons. The monoisotopic (exact) mass is 420 g/mol. The van der Waals surface area contributed by atoms with E-state index in [1.165, 1.54) is 6.07 Å². The number of nitrogens with zero attached hydrogens (tertiary/aromatic N) is 6. The Kier molecular flexibility index (Phi) is 4.85. The highest BCUT2D eigenvalue weighted by Crippen LogP contribution is 2.55. The molecule has 5 rings (SSSR count). The molecule has 1 aromatic carbocycles. The normalized spacial score (nSPS) is 17.5. The summed E-state index contributed by atoms with van der Waals surface area (Å²) in [6.45, 7) is 0.0611. The summed E-state index contributed by atoms with van der Waals surface area (Å²) in [5.41, 5.74) is 2.26. The van der Waals surface area contributed by atoms with Gasteiger partial charge in [-0.15, -0.1) is 0 Å². The third-order valence-electron chi connectivity index (χ3n) is 5.25. The van der Waals surface area contributed by atoms with Crippen molar-refractivity contribution in [1.82, 2.24) is 29.7 Å². The molecule has 1 saturated carbocycles. The molecule has 2 atom stereocenters. The number of ether oxygens (including phenoxy) is 1. The number of aryl methyl sites for hydroxylation is 1. The summed E-state index contributed by atoms with van der Waals surface area (Å²) in [5.74, 6) is -0.941. The van der Waals surface area contributed by atoms with E-state index >= 15 is 0 Å². The molecule has 1 aliphatic carbocycles. The van der Waals surface area contributed by atoms with Crippen molar-refractivity contribution in [3.63, 3.8) is 0 Å². The van der Waals surface area contributed by atoms with Crippen molar-refractivity contribution in [2.75, 3.05) is 0 Å². The molecule has 0 amide bonds. The second-order valence-corrected chi connectivity index (χ2v) is 7.45. The SMILES string of the molecule is Cn1ccc(COc2cc([C@@H]3C[C@H]3c3cnc(-c4ncccn4)nc3)cc(F)c2F)n1. The van der Waals surface area contributed by atoms with Crippen LogP contribution in [-0.4, -0.2) is 29.7 Å². The predicted molar refractivity (Wildman–Crippen MR) is 107 cm³/mol. The molecule has 0 spiro atoms. The van der Waals surface area contributed by atoms with E-state index < -0.39 is 11.6 Å². The van der Waals surface area contributed by atoms with Crippen LogP contribution < -0.4 is 4.74 Å². The molecule has 7 nitrogen and oxygen atoms in total. The van der Waals surface area contributed by atoms with E-state index in [0.717, 1.165) is 12.0 Å². The smallest absolute Gasteiger partial charge is 0.200 e. The van der Waals surface area contributed by atoms with Crippen molar-refractivity contribution < 1.29 is 13.5 Å². The first-order valence-corrected chi connectivity index (χ1v) is 9.78. The molecule has 156 valence electrons. The van der Waals surface area contributed by atoms with E-state index in [-0.39, 0.29) is 24.2 Å². The summed E-state index contributed by atoms with van der Waals surface area (Å²) in [6, 6.07) is 6.29. The Labute approximate surface area is 176 Å². The van der Waals surface area contributed by atoms with Gasteiger partial charge in [-0.1, -0.05) is 0 Å². The summed E-state index contributed by atoms with van der Waals surface area (Å²) < 4.78 is 35.6. The van der Waals surface area contributed by atoms with Crippen LogP contribution >= 0.6 is 0 Å². The third kappa shape index (κ3) is 3.98. The maximum absolute atomic E-state index is 14.2. The van der Waals surface area contributed by atoms with E-state index in [1.54, 1.807) is 60.9 Å². The molecule has 3 heterocycles. The number of rotatable bonds is 6. The van der Waals surface area contributed by atoms with Crippen LogP contribution in [0.4, 0.5) is 8.78 Å². The highest BCUT2D eigenvalue weighted by atomic mass is 19.2. The van der Waals surface area contributed by atoms with E-state index in [9.17, 15) is 8.78 Å². The van der Waals surface area contributed by atoms with Gasteiger partial charge >= 0.3 is 0 Å². The van der Waals surface area contributed by atoms with Crippen LogP contribution in [0.5, 0.6) is 5.75 Å². The lowest BCUT2D eigenvalue weighted by atomic mass is 10.1. The maximum atomic E-state index is 14.2. The van der Waals surface area contributed by atoms with Crippen LogP contribution in [0.1, 0.15) is 35.1 Å². The second-order valence-electron chi connectivity index (χ2n) is 7.45. The number of halogens is 2. The zero-order chi connectivity index (χ0) is 21.4. The van der Waals surface area contributed by atoms with Crippen molar-refractivity contribution in [3.05, 3.63) is 83.7 Å². The number of hydrogen-bond donors (Lipinski definition) is 0. The van der Waals surface area contributed by atoms with Crippen molar-refractivity contribution in [2.24, 2.45) is 7.05 Å². The van der Waals surface area contributed by atoms with E-state index in [1.807, 2.05) is 0 Å². The van der Waals surface area contributed by atoms with Gasteiger partial charge < -0.3 is 4.74 Å². The van der Waals surface area contributed by atoms with Crippen LogP contribution in [0.3, 0.4) is 0 Å². The molecule has 4 aromatic rings. The molecule has 0 aliphatic heterocycles.